The predicted molar refractivity (Wildman–Crippen MR) is 73.5 cm³/mol. The Morgan fingerprint density at radius 2 is 1.80 bits per heavy atom. The van der Waals surface area contributed by atoms with E-state index in [2.05, 4.69) is 10.6 Å². The van der Waals surface area contributed by atoms with Crippen molar-refractivity contribution in [1.29, 1.82) is 0 Å². The van der Waals surface area contributed by atoms with Crippen molar-refractivity contribution in [1.82, 2.24) is 5.32 Å². The third-order valence-corrected chi connectivity index (χ3v) is 2.85. The monoisotopic (exact) mass is 276 g/mol. The van der Waals surface area contributed by atoms with Crippen LogP contribution in [-0.2, 0) is 6.54 Å². The molecule has 2 aromatic carbocycles. The van der Waals surface area contributed by atoms with E-state index in [4.69, 9.17) is 0 Å². The van der Waals surface area contributed by atoms with Gasteiger partial charge in [-0.05, 0) is 35.9 Å². The van der Waals surface area contributed by atoms with Gasteiger partial charge in [-0.25, -0.2) is 8.78 Å². The first-order chi connectivity index (χ1) is 9.60. The fourth-order valence-corrected chi connectivity index (χ4v) is 1.75. The molecule has 2 aromatic rings. The lowest BCUT2D eigenvalue weighted by Gasteiger charge is -2.08. The summed E-state index contributed by atoms with van der Waals surface area (Å²) in [5.41, 5.74) is 1.52. The van der Waals surface area contributed by atoms with E-state index in [-0.39, 0.29) is 11.6 Å². The largest absolute Gasteiger partial charge is 0.379 e. The molecule has 5 heteroatoms. The molecular formula is C15H14F2N2O. The topological polar surface area (TPSA) is 41.1 Å². The SMILES string of the molecule is CNC(=O)c1ccc(CNc2cc(F)ccc2F)cc1. The highest BCUT2D eigenvalue weighted by atomic mass is 19.1. The molecule has 1 amide bonds. The van der Waals surface area contributed by atoms with Crippen LogP contribution in [0.2, 0.25) is 0 Å². The second kappa shape index (κ2) is 6.14. The number of anilines is 1. The minimum atomic E-state index is -0.506. The van der Waals surface area contributed by atoms with E-state index < -0.39 is 11.6 Å². The number of hydrogen-bond acceptors (Lipinski definition) is 2. The quantitative estimate of drug-likeness (QED) is 0.901. The molecule has 2 N–H and O–H groups in total. The number of nitrogens with one attached hydrogen (secondary N) is 2. The number of benzene rings is 2. The Bertz CT molecular complexity index is 612. The van der Waals surface area contributed by atoms with Crippen molar-refractivity contribution in [2.24, 2.45) is 0 Å². The molecule has 0 aliphatic heterocycles. The van der Waals surface area contributed by atoms with Crippen LogP contribution in [0, 0.1) is 11.6 Å². The van der Waals surface area contributed by atoms with Crippen molar-refractivity contribution in [2.75, 3.05) is 12.4 Å². The zero-order valence-electron chi connectivity index (χ0n) is 10.9. The first kappa shape index (κ1) is 14.0. The van der Waals surface area contributed by atoms with Gasteiger partial charge >= 0.3 is 0 Å². The minimum absolute atomic E-state index is 0.111. The molecular weight excluding hydrogens is 262 g/mol. The maximum absolute atomic E-state index is 13.4. The Balaban J connectivity index is 2.04. The summed E-state index contributed by atoms with van der Waals surface area (Å²) < 4.78 is 26.4. The van der Waals surface area contributed by atoms with E-state index in [1.165, 1.54) is 0 Å². The average molecular weight is 276 g/mol. The van der Waals surface area contributed by atoms with Gasteiger partial charge in [0.05, 0.1) is 5.69 Å². The molecule has 0 aliphatic carbocycles. The molecule has 0 atom stereocenters. The molecule has 3 nitrogen and oxygen atoms in total. The molecule has 0 aromatic heterocycles. The standard InChI is InChI=1S/C15H14F2N2O/c1-18-15(20)11-4-2-10(3-5-11)9-19-14-8-12(16)6-7-13(14)17/h2-8,19H,9H2,1H3,(H,18,20). The number of rotatable bonds is 4. The summed E-state index contributed by atoms with van der Waals surface area (Å²) in [6.07, 6.45) is 0. The molecule has 20 heavy (non-hydrogen) atoms. The predicted octanol–water partition coefficient (Wildman–Crippen LogP) is 2.94. The Morgan fingerprint density at radius 3 is 2.45 bits per heavy atom. The van der Waals surface area contributed by atoms with E-state index in [1.54, 1.807) is 31.3 Å². The van der Waals surface area contributed by atoms with Crippen LogP contribution in [0.1, 0.15) is 15.9 Å². The van der Waals surface area contributed by atoms with Crippen LogP contribution in [0.5, 0.6) is 0 Å². The summed E-state index contributed by atoms with van der Waals surface area (Å²) >= 11 is 0. The lowest BCUT2D eigenvalue weighted by Crippen LogP contribution is -2.17. The van der Waals surface area contributed by atoms with Gasteiger partial charge in [-0.3, -0.25) is 4.79 Å². The lowest BCUT2D eigenvalue weighted by atomic mass is 10.1. The summed E-state index contributed by atoms with van der Waals surface area (Å²) in [6, 6.07) is 10.1. The normalized spacial score (nSPS) is 10.2. The van der Waals surface area contributed by atoms with Crippen LogP contribution >= 0.6 is 0 Å². The molecule has 0 spiro atoms. The van der Waals surface area contributed by atoms with Gasteiger partial charge in [0.25, 0.3) is 5.91 Å². The number of carbonyl (C=O) groups is 1. The highest BCUT2D eigenvalue weighted by molar-refractivity contribution is 5.93. The summed E-state index contributed by atoms with van der Waals surface area (Å²) in [7, 11) is 1.56. The molecule has 0 radical (unpaired) electrons. The summed E-state index contributed by atoms with van der Waals surface area (Å²) in [5, 5.41) is 5.34. The van der Waals surface area contributed by atoms with Gasteiger partial charge in [0.2, 0.25) is 0 Å². The number of hydrogen-bond donors (Lipinski definition) is 2. The van der Waals surface area contributed by atoms with Crippen LogP contribution in [0.3, 0.4) is 0 Å². The van der Waals surface area contributed by atoms with E-state index in [0.29, 0.717) is 12.1 Å². The third-order valence-electron chi connectivity index (χ3n) is 2.85. The summed E-state index contributed by atoms with van der Waals surface area (Å²) in [6.45, 7) is 0.342. The molecule has 0 fully saturated rings. The molecule has 104 valence electrons. The van der Waals surface area contributed by atoms with Gasteiger partial charge in [-0.15, -0.1) is 0 Å². The van der Waals surface area contributed by atoms with Gasteiger partial charge in [0, 0.05) is 19.2 Å². The molecule has 0 aliphatic rings. The average Bonchev–Trinajstić information content (AvgIpc) is 2.48. The molecule has 0 saturated heterocycles. The smallest absolute Gasteiger partial charge is 0.251 e. The van der Waals surface area contributed by atoms with Crippen LogP contribution in [0.4, 0.5) is 14.5 Å². The molecule has 0 saturated carbocycles. The maximum Gasteiger partial charge on any atom is 0.251 e. The fourth-order valence-electron chi connectivity index (χ4n) is 1.75. The molecule has 0 bridgehead atoms. The van der Waals surface area contributed by atoms with E-state index in [1.807, 2.05) is 0 Å². The zero-order valence-corrected chi connectivity index (χ0v) is 10.9. The fraction of sp³-hybridized carbons (Fsp3) is 0.133. The highest BCUT2D eigenvalue weighted by Gasteiger charge is 2.05. The van der Waals surface area contributed by atoms with Crippen molar-refractivity contribution >= 4 is 11.6 Å². The van der Waals surface area contributed by atoms with E-state index in [0.717, 1.165) is 23.8 Å². The summed E-state index contributed by atoms with van der Waals surface area (Å²) in [5.74, 6) is -1.17. The Morgan fingerprint density at radius 1 is 1.10 bits per heavy atom. The highest BCUT2D eigenvalue weighted by Crippen LogP contribution is 2.16. The minimum Gasteiger partial charge on any atom is -0.379 e. The summed E-state index contributed by atoms with van der Waals surface area (Å²) in [4.78, 5) is 11.4. The van der Waals surface area contributed by atoms with Crippen LogP contribution in [-0.4, -0.2) is 13.0 Å². The Hall–Kier alpha value is -2.43. The van der Waals surface area contributed by atoms with Crippen molar-refractivity contribution in [2.45, 2.75) is 6.54 Å². The lowest BCUT2D eigenvalue weighted by molar-refractivity contribution is 0.0963. The Kier molecular flexibility index (Phi) is 4.30. The number of amides is 1. The van der Waals surface area contributed by atoms with Crippen LogP contribution in [0.15, 0.2) is 42.5 Å². The molecule has 2 rings (SSSR count). The van der Waals surface area contributed by atoms with Crippen molar-refractivity contribution in [3.63, 3.8) is 0 Å². The number of halogens is 2. The number of carbonyl (C=O) groups excluding carboxylic acids is 1. The van der Waals surface area contributed by atoms with Crippen molar-refractivity contribution in [3.05, 3.63) is 65.2 Å². The van der Waals surface area contributed by atoms with Crippen LogP contribution in [0.25, 0.3) is 0 Å². The van der Waals surface area contributed by atoms with Crippen LogP contribution < -0.4 is 10.6 Å². The van der Waals surface area contributed by atoms with Gasteiger partial charge in [-0.2, -0.15) is 0 Å². The maximum atomic E-state index is 13.4. The second-order valence-corrected chi connectivity index (χ2v) is 4.25. The molecule has 0 heterocycles. The van der Waals surface area contributed by atoms with E-state index >= 15 is 0 Å². The zero-order chi connectivity index (χ0) is 14.5. The van der Waals surface area contributed by atoms with Gasteiger partial charge in [0.1, 0.15) is 11.6 Å². The van der Waals surface area contributed by atoms with Gasteiger partial charge < -0.3 is 10.6 Å². The Labute approximate surface area is 115 Å². The van der Waals surface area contributed by atoms with Crippen molar-refractivity contribution < 1.29 is 13.6 Å². The van der Waals surface area contributed by atoms with Crippen molar-refractivity contribution in [3.8, 4) is 0 Å². The van der Waals surface area contributed by atoms with E-state index in [9.17, 15) is 13.6 Å². The third kappa shape index (κ3) is 3.32. The van der Waals surface area contributed by atoms with Gasteiger partial charge in [-0.1, -0.05) is 12.1 Å². The first-order valence-corrected chi connectivity index (χ1v) is 6.10. The first-order valence-electron chi connectivity index (χ1n) is 6.10. The second-order valence-electron chi connectivity index (χ2n) is 4.25. The van der Waals surface area contributed by atoms with Gasteiger partial charge in [0.15, 0.2) is 0 Å². The molecule has 0 unspecified atom stereocenters.